The minimum atomic E-state index is -0.813. The lowest BCUT2D eigenvalue weighted by Gasteiger charge is -2.10. The molecule has 0 unspecified atom stereocenters. The van der Waals surface area contributed by atoms with E-state index in [1.807, 2.05) is 55.5 Å². The Balaban J connectivity index is 1.55. The summed E-state index contributed by atoms with van der Waals surface area (Å²) in [7, 11) is 0. The molecule has 32 heavy (non-hydrogen) atoms. The summed E-state index contributed by atoms with van der Waals surface area (Å²) in [5.74, 6) is -1.62. The number of halogens is 2. The highest BCUT2D eigenvalue weighted by Gasteiger charge is 2.16. The van der Waals surface area contributed by atoms with Crippen LogP contribution in [0.15, 0.2) is 84.9 Å². The maximum absolute atomic E-state index is 14.9. The van der Waals surface area contributed by atoms with Crippen LogP contribution in [0.25, 0.3) is 33.4 Å². The highest BCUT2D eigenvalue weighted by atomic mass is 19.2. The molecule has 4 aromatic carbocycles. The SMILES string of the molecule is CCCCCc1ccc(-c2ccc(-c3ccc(-c4ccc(C)cc4)c(F)c3F)cc2)cc1. The number of hydrogen-bond donors (Lipinski definition) is 0. The van der Waals surface area contributed by atoms with Gasteiger partial charge in [0.1, 0.15) is 0 Å². The standard InChI is InChI=1S/C30H28F2/c1-3-4-5-6-22-9-13-23(14-10-22)24-15-17-26(18-16-24)28-20-19-27(29(31)30(28)32)25-11-7-21(2)8-12-25/h7-20H,3-6H2,1-2H3. The Bertz CT molecular complexity index is 1170. The molecule has 0 fully saturated rings. The largest absolute Gasteiger partial charge is 0.203 e. The van der Waals surface area contributed by atoms with Gasteiger partial charge >= 0.3 is 0 Å². The van der Waals surface area contributed by atoms with E-state index >= 15 is 0 Å². The second-order valence-corrected chi connectivity index (χ2v) is 8.39. The van der Waals surface area contributed by atoms with Crippen molar-refractivity contribution in [2.45, 2.75) is 39.5 Å². The quantitative estimate of drug-likeness (QED) is 0.259. The zero-order chi connectivity index (χ0) is 22.5. The zero-order valence-corrected chi connectivity index (χ0v) is 18.7. The molecular weight excluding hydrogens is 398 g/mol. The van der Waals surface area contributed by atoms with Crippen molar-refractivity contribution < 1.29 is 8.78 Å². The van der Waals surface area contributed by atoms with Crippen molar-refractivity contribution in [1.29, 1.82) is 0 Å². The Morgan fingerprint density at radius 3 is 1.47 bits per heavy atom. The normalized spacial score (nSPS) is 11.0. The van der Waals surface area contributed by atoms with Gasteiger partial charge in [-0.3, -0.25) is 0 Å². The van der Waals surface area contributed by atoms with Crippen LogP contribution in [0.5, 0.6) is 0 Å². The molecule has 0 spiro atoms. The van der Waals surface area contributed by atoms with Crippen LogP contribution >= 0.6 is 0 Å². The van der Waals surface area contributed by atoms with E-state index in [1.54, 1.807) is 12.1 Å². The number of hydrogen-bond acceptors (Lipinski definition) is 0. The smallest absolute Gasteiger partial charge is 0.167 e. The Hall–Kier alpha value is -3.26. The van der Waals surface area contributed by atoms with Crippen LogP contribution in [-0.2, 0) is 6.42 Å². The lowest BCUT2D eigenvalue weighted by molar-refractivity contribution is 0.514. The molecule has 0 aliphatic rings. The fraction of sp³-hybridized carbons (Fsp3) is 0.200. The van der Waals surface area contributed by atoms with Crippen LogP contribution < -0.4 is 0 Å². The van der Waals surface area contributed by atoms with Gasteiger partial charge in [0, 0.05) is 11.1 Å². The first-order valence-corrected chi connectivity index (χ1v) is 11.3. The fourth-order valence-electron chi connectivity index (χ4n) is 4.01. The third-order valence-corrected chi connectivity index (χ3v) is 6.00. The van der Waals surface area contributed by atoms with Crippen molar-refractivity contribution in [2.24, 2.45) is 0 Å². The molecule has 0 aromatic heterocycles. The monoisotopic (exact) mass is 426 g/mol. The van der Waals surface area contributed by atoms with Crippen molar-refractivity contribution >= 4 is 0 Å². The Labute approximate surface area is 189 Å². The van der Waals surface area contributed by atoms with Gasteiger partial charge in [0.05, 0.1) is 0 Å². The van der Waals surface area contributed by atoms with Crippen molar-refractivity contribution in [3.63, 3.8) is 0 Å². The molecule has 0 radical (unpaired) electrons. The highest BCUT2D eigenvalue weighted by molar-refractivity contribution is 5.74. The first-order chi connectivity index (χ1) is 15.6. The molecule has 0 heterocycles. The summed E-state index contributed by atoms with van der Waals surface area (Å²) >= 11 is 0. The molecule has 0 saturated heterocycles. The summed E-state index contributed by atoms with van der Waals surface area (Å²) in [6, 6.07) is 27.0. The summed E-state index contributed by atoms with van der Waals surface area (Å²) in [6.07, 6.45) is 4.81. The minimum absolute atomic E-state index is 0.274. The average Bonchev–Trinajstić information content (AvgIpc) is 2.82. The van der Waals surface area contributed by atoms with E-state index in [0.29, 0.717) is 11.1 Å². The molecule has 2 heteroatoms. The summed E-state index contributed by atoms with van der Waals surface area (Å²) < 4.78 is 29.8. The molecule has 0 N–H and O–H groups in total. The topological polar surface area (TPSA) is 0 Å². The van der Waals surface area contributed by atoms with Crippen LogP contribution in [0.4, 0.5) is 8.78 Å². The van der Waals surface area contributed by atoms with Gasteiger partial charge < -0.3 is 0 Å². The molecule has 0 atom stereocenters. The van der Waals surface area contributed by atoms with Crippen LogP contribution in [0.2, 0.25) is 0 Å². The maximum Gasteiger partial charge on any atom is 0.167 e. The van der Waals surface area contributed by atoms with Gasteiger partial charge in [-0.2, -0.15) is 0 Å². The predicted molar refractivity (Wildman–Crippen MR) is 131 cm³/mol. The third-order valence-electron chi connectivity index (χ3n) is 6.00. The van der Waals surface area contributed by atoms with E-state index < -0.39 is 11.6 Å². The molecule has 162 valence electrons. The molecule has 0 aliphatic carbocycles. The lowest BCUT2D eigenvalue weighted by atomic mass is 9.96. The molecular formula is C30H28F2. The van der Waals surface area contributed by atoms with Gasteiger partial charge in [-0.15, -0.1) is 0 Å². The van der Waals surface area contributed by atoms with Gasteiger partial charge in [-0.05, 0) is 47.6 Å². The molecule has 4 rings (SSSR count). The average molecular weight is 427 g/mol. The Morgan fingerprint density at radius 1 is 0.531 bits per heavy atom. The van der Waals surface area contributed by atoms with E-state index in [1.165, 1.54) is 24.8 Å². The van der Waals surface area contributed by atoms with Crippen molar-refractivity contribution in [2.75, 3.05) is 0 Å². The van der Waals surface area contributed by atoms with Crippen LogP contribution in [0, 0.1) is 18.6 Å². The van der Waals surface area contributed by atoms with E-state index in [-0.39, 0.29) is 11.1 Å². The first-order valence-electron chi connectivity index (χ1n) is 11.3. The number of unbranched alkanes of at least 4 members (excludes halogenated alkanes) is 2. The molecule has 4 aromatic rings. The number of rotatable bonds is 7. The molecule has 0 aliphatic heterocycles. The zero-order valence-electron chi connectivity index (χ0n) is 18.7. The highest BCUT2D eigenvalue weighted by Crippen LogP contribution is 2.32. The van der Waals surface area contributed by atoms with E-state index in [2.05, 4.69) is 31.2 Å². The molecule has 0 nitrogen and oxygen atoms in total. The maximum atomic E-state index is 14.9. The fourth-order valence-corrected chi connectivity index (χ4v) is 4.01. The third kappa shape index (κ3) is 4.80. The summed E-state index contributed by atoms with van der Waals surface area (Å²) in [5.41, 5.74) is 6.51. The van der Waals surface area contributed by atoms with E-state index in [0.717, 1.165) is 23.1 Å². The van der Waals surface area contributed by atoms with Crippen molar-refractivity contribution in [3.05, 3.63) is 108 Å². The van der Waals surface area contributed by atoms with Gasteiger partial charge in [0.25, 0.3) is 0 Å². The summed E-state index contributed by atoms with van der Waals surface area (Å²) in [6.45, 7) is 4.18. The Kier molecular flexibility index (Phi) is 6.80. The minimum Gasteiger partial charge on any atom is -0.203 e. The second kappa shape index (κ2) is 9.91. The first kappa shape index (κ1) is 22.0. The van der Waals surface area contributed by atoms with Gasteiger partial charge in [-0.1, -0.05) is 110 Å². The lowest BCUT2D eigenvalue weighted by Crippen LogP contribution is -1.94. The van der Waals surface area contributed by atoms with Crippen molar-refractivity contribution in [3.8, 4) is 33.4 Å². The predicted octanol–water partition coefficient (Wildman–Crippen LogP) is 9.01. The van der Waals surface area contributed by atoms with Gasteiger partial charge in [0.15, 0.2) is 11.6 Å². The summed E-state index contributed by atoms with van der Waals surface area (Å²) in [5, 5.41) is 0. The van der Waals surface area contributed by atoms with E-state index in [9.17, 15) is 8.78 Å². The molecule has 0 saturated carbocycles. The van der Waals surface area contributed by atoms with Crippen LogP contribution in [-0.4, -0.2) is 0 Å². The van der Waals surface area contributed by atoms with E-state index in [4.69, 9.17) is 0 Å². The second-order valence-electron chi connectivity index (χ2n) is 8.39. The Morgan fingerprint density at radius 2 is 0.969 bits per heavy atom. The van der Waals surface area contributed by atoms with Crippen LogP contribution in [0.3, 0.4) is 0 Å². The van der Waals surface area contributed by atoms with Crippen LogP contribution in [0.1, 0.15) is 37.3 Å². The van der Waals surface area contributed by atoms with Crippen molar-refractivity contribution in [1.82, 2.24) is 0 Å². The number of aryl methyl sites for hydroxylation is 2. The molecule has 0 bridgehead atoms. The van der Waals surface area contributed by atoms with Gasteiger partial charge in [-0.25, -0.2) is 8.78 Å². The summed E-state index contributed by atoms with van der Waals surface area (Å²) in [4.78, 5) is 0. The number of benzene rings is 4. The van der Waals surface area contributed by atoms with Gasteiger partial charge in [0.2, 0.25) is 0 Å². The molecule has 0 amide bonds.